The molecule has 0 aromatic heterocycles. The average Bonchev–Trinajstić information content (AvgIpc) is 2.56. The molecule has 2 aliphatic heterocycles. The molecule has 0 bridgehead atoms. The van der Waals surface area contributed by atoms with Crippen molar-refractivity contribution in [2.24, 2.45) is 0 Å². The number of carbonyl (C=O) groups excluding carboxylic acids is 1. The predicted octanol–water partition coefficient (Wildman–Crippen LogP) is 2.26. The van der Waals surface area contributed by atoms with Gasteiger partial charge in [-0.2, -0.15) is 0 Å². The summed E-state index contributed by atoms with van der Waals surface area (Å²) in [6.07, 6.45) is 4.49. The molecule has 3 rings (SSSR count). The first-order valence-corrected chi connectivity index (χ1v) is 8.56. The van der Waals surface area contributed by atoms with Crippen molar-refractivity contribution in [2.75, 3.05) is 26.4 Å². The third kappa shape index (κ3) is 4.69. The molecule has 2 N–H and O–H groups in total. The second-order valence-electron chi connectivity index (χ2n) is 6.47. The molecule has 2 aliphatic rings. The lowest BCUT2D eigenvalue weighted by molar-refractivity contribution is -0.139. The summed E-state index contributed by atoms with van der Waals surface area (Å²) >= 11 is 0. The zero-order valence-electron chi connectivity index (χ0n) is 13.6. The highest BCUT2D eigenvalue weighted by Crippen LogP contribution is 2.34. The molecule has 2 heterocycles. The number of nitrogens with one attached hydrogen (secondary N) is 2. The zero-order chi connectivity index (χ0) is 16.0. The minimum Gasteiger partial charge on any atom is -0.381 e. The number of urea groups is 1. The van der Waals surface area contributed by atoms with Gasteiger partial charge in [0, 0.05) is 32.4 Å². The van der Waals surface area contributed by atoms with Gasteiger partial charge in [0.05, 0.1) is 5.60 Å². The van der Waals surface area contributed by atoms with Crippen molar-refractivity contribution in [1.29, 1.82) is 0 Å². The van der Waals surface area contributed by atoms with Gasteiger partial charge in [0.15, 0.2) is 0 Å². The topological polar surface area (TPSA) is 59.6 Å². The van der Waals surface area contributed by atoms with Crippen molar-refractivity contribution in [3.8, 4) is 0 Å². The van der Waals surface area contributed by atoms with Crippen molar-refractivity contribution >= 4 is 6.03 Å². The second-order valence-corrected chi connectivity index (χ2v) is 6.47. The third-order valence-electron chi connectivity index (χ3n) is 4.77. The molecule has 0 unspecified atom stereocenters. The van der Waals surface area contributed by atoms with E-state index in [1.54, 1.807) is 0 Å². The number of carbonyl (C=O) groups is 1. The Hall–Kier alpha value is -1.59. The maximum Gasteiger partial charge on any atom is 0.315 e. The van der Waals surface area contributed by atoms with Crippen LogP contribution in [-0.4, -0.2) is 44.0 Å². The lowest BCUT2D eigenvalue weighted by Crippen LogP contribution is -2.52. The molecule has 1 atom stereocenters. The SMILES string of the molecule is O=C(NCCc1ccccc1)N[C@@H]1CCOC2(CCOCC2)C1. The Morgan fingerprint density at radius 2 is 1.96 bits per heavy atom. The molecule has 1 aromatic carbocycles. The Balaban J connectivity index is 1.40. The summed E-state index contributed by atoms with van der Waals surface area (Å²) in [6.45, 7) is 2.89. The van der Waals surface area contributed by atoms with Crippen LogP contribution in [0.4, 0.5) is 4.79 Å². The zero-order valence-corrected chi connectivity index (χ0v) is 13.6. The Morgan fingerprint density at radius 1 is 1.17 bits per heavy atom. The monoisotopic (exact) mass is 318 g/mol. The highest BCUT2D eigenvalue weighted by molar-refractivity contribution is 5.74. The van der Waals surface area contributed by atoms with E-state index in [4.69, 9.17) is 9.47 Å². The van der Waals surface area contributed by atoms with Gasteiger partial charge in [0.2, 0.25) is 0 Å². The maximum absolute atomic E-state index is 12.1. The van der Waals surface area contributed by atoms with Crippen LogP contribution in [0.15, 0.2) is 30.3 Å². The normalized spacial score (nSPS) is 23.4. The molecule has 23 heavy (non-hydrogen) atoms. The number of benzene rings is 1. The van der Waals surface area contributed by atoms with Crippen LogP contribution in [0.3, 0.4) is 0 Å². The summed E-state index contributed by atoms with van der Waals surface area (Å²) in [5.74, 6) is 0. The minimum atomic E-state index is -0.0848. The van der Waals surface area contributed by atoms with Gasteiger partial charge >= 0.3 is 6.03 Å². The van der Waals surface area contributed by atoms with Gasteiger partial charge in [-0.1, -0.05) is 30.3 Å². The minimum absolute atomic E-state index is 0.0740. The Bertz CT molecular complexity index is 495. The van der Waals surface area contributed by atoms with Gasteiger partial charge in [-0.15, -0.1) is 0 Å². The molecule has 5 nitrogen and oxygen atoms in total. The fourth-order valence-electron chi connectivity index (χ4n) is 3.44. The van der Waals surface area contributed by atoms with Crippen LogP contribution in [0, 0.1) is 0 Å². The molecule has 5 heteroatoms. The van der Waals surface area contributed by atoms with Crippen LogP contribution < -0.4 is 10.6 Å². The van der Waals surface area contributed by atoms with E-state index < -0.39 is 0 Å². The van der Waals surface area contributed by atoms with E-state index in [9.17, 15) is 4.79 Å². The molecular formula is C18H26N2O3. The first-order valence-electron chi connectivity index (χ1n) is 8.56. The summed E-state index contributed by atoms with van der Waals surface area (Å²) < 4.78 is 11.4. The first-order chi connectivity index (χ1) is 11.3. The van der Waals surface area contributed by atoms with Crippen molar-refractivity contribution in [3.05, 3.63) is 35.9 Å². The van der Waals surface area contributed by atoms with E-state index in [1.165, 1.54) is 5.56 Å². The lowest BCUT2D eigenvalue weighted by atomic mass is 9.84. The van der Waals surface area contributed by atoms with Crippen LogP contribution in [0.1, 0.15) is 31.2 Å². The summed E-state index contributed by atoms with van der Waals surface area (Å²) in [5, 5.41) is 6.06. The van der Waals surface area contributed by atoms with Gasteiger partial charge in [0.25, 0.3) is 0 Å². The van der Waals surface area contributed by atoms with Crippen molar-refractivity contribution < 1.29 is 14.3 Å². The fraction of sp³-hybridized carbons (Fsp3) is 0.611. The Labute approximate surface area is 137 Å². The smallest absolute Gasteiger partial charge is 0.315 e. The Kier molecular flexibility index (Phi) is 5.51. The number of hydrogen-bond donors (Lipinski definition) is 2. The van der Waals surface area contributed by atoms with Gasteiger partial charge in [-0.05, 0) is 37.7 Å². The molecule has 1 aromatic rings. The van der Waals surface area contributed by atoms with Crippen LogP contribution in [0.5, 0.6) is 0 Å². The number of rotatable bonds is 4. The van der Waals surface area contributed by atoms with Crippen molar-refractivity contribution in [3.63, 3.8) is 0 Å². The Morgan fingerprint density at radius 3 is 2.74 bits per heavy atom. The van der Waals surface area contributed by atoms with E-state index in [1.807, 2.05) is 18.2 Å². The number of amides is 2. The van der Waals surface area contributed by atoms with Crippen molar-refractivity contribution in [2.45, 2.75) is 43.7 Å². The van der Waals surface area contributed by atoms with Gasteiger partial charge in [-0.3, -0.25) is 0 Å². The fourth-order valence-corrected chi connectivity index (χ4v) is 3.44. The number of ether oxygens (including phenoxy) is 2. The van der Waals surface area contributed by atoms with Gasteiger partial charge in [-0.25, -0.2) is 4.79 Å². The molecule has 0 saturated carbocycles. The van der Waals surface area contributed by atoms with Crippen LogP contribution in [0.25, 0.3) is 0 Å². The van der Waals surface area contributed by atoms with E-state index in [0.717, 1.165) is 51.9 Å². The summed E-state index contributed by atoms with van der Waals surface area (Å²) in [5.41, 5.74) is 1.15. The summed E-state index contributed by atoms with van der Waals surface area (Å²) in [7, 11) is 0. The highest BCUT2D eigenvalue weighted by Gasteiger charge is 2.39. The summed E-state index contributed by atoms with van der Waals surface area (Å²) in [6, 6.07) is 10.3. The van der Waals surface area contributed by atoms with Crippen LogP contribution in [-0.2, 0) is 15.9 Å². The quantitative estimate of drug-likeness (QED) is 0.895. The summed E-state index contributed by atoms with van der Waals surface area (Å²) in [4.78, 5) is 12.1. The highest BCUT2D eigenvalue weighted by atomic mass is 16.5. The molecule has 2 saturated heterocycles. The van der Waals surface area contributed by atoms with Crippen molar-refractivity contribution in [1.82, 2.24) is 10.6 Å². The average molecular weight is 318 g/mol. The predicted molar refractivity (Wildman–Crippen MR) is 88.4 cm³/mol. The second kappa shape index (κ2) is 7.79. The largest absolute Gasteiger partial charge is 0.381 e. The molecule has 2 fully saturated rings. The molecule has 0 radical (unpaired) electrons. The standard InChI is InChI=1S/C18H26N2O3/c21-17(19-10-6-15-4-2-1-3-5-15)20-16-7-11-23-18(14-16)8-12-22-13-9-18/h1-5,16H,6-14H2,(H2,19,20,21)/t16-/m1/s1. The van der Waals surface area contributed by atoms with E-state index >= 15 is 0 Å². The van der Waals surface area contributed by atoms with Gasteiger partial charge < -0.3 is 20.1 Å². The number of hydrogen-bond acceptors (Lipinski definition) is 3. The molecule has 1 spiro atoms. The van der Waals surface area contributed by atoms with Crippen LogP contribution in [0.2, 0.25) is 0 Å². The third-order valence-corrected chi connectivity index (χ3v) is 4.77. The first kappa shape index (κ1) is 16.3. The molecule has 2 amide bonds. The molecular weight excluding hydrogens is 292 g/mol. The molecule has 126 valence electrons. The van der Waals surface area contributed by atoms with E-state index in [-0.39, 0.29) is 17.7 Å². The maximum atomic E-state index is 12.1. The lowest BCUT2D eigenvalue weighted by Gasteiger charge is -2.43. The van der Waals surface area contributed by atoms with E-state index in [0.29, 0.717) is 6.54 Å². The van der Waals surface area contributed by atoms with E-state index in [2.05, 4.69) is 22.8 Å². The molecule has 0 aliphatic carbocycles. The van der Waals surface area contributed by atoms with Crippen LogP contribution >= 0.6 is 0 Å². The van der Waals surface area contributed by atoms with Gasteiger partial charge in [0.1, 0.15) is 0 Å².